The molecule has 6 heteroatoms. The fourth-order valence-corrected chi connectivity index (χ4v) is 2.84. The zero-order valence-corrected chi connectivity index (χ0v) is 13.2. The topological polar surface area (TPSA) is 70.7 Å². The van der Waals surface area contributed by atoms with Crippen LogP contribution >= 0.6 is 11.8 Å². The smallest absolute Gasteiger partial charge is 0.234 e. The molecule has 2 N–H and O–H groups in total. The molecule has 0 aliphatic rings. The molecule has 0 bridgehead atoms. The second kappa shape index (κ2) is 6.19. The number of rotatable bonds is 4. The zero-order chi connectivity index (χ0) is 15.5. The quantitative estimate of drug-likeness (QED) is 0.725. The predicted octanol–water partition coefficient (Wildman–Crippen LogP) is 3.31. The molecule has 1 aromatic carbocycles. The molecular formula is C16H16N4OS. The number of nitrogens with one attached hydrogen (secondary N) is 2. The number of fused-ring (bicyclic) bond motifs is 1. The average Bonchev–Trinajstić information content (AvgIpc) is 2.91. The van der Waals surface area contributed by atoms with Crippen LogP contribution in [0.3, 0.4) is 0 Å². The fourth-order valence-electron chi connectivity index (χ4n) is 2.16. The number of thioether (sulfide) groups is 1. The van der Waals surface area contributed by atoms with Crippen LogP contribution in [-0.4, -0.2) is 26.6 Å². The number of aromatic amines is 1. The number of pyridine rings is 1. The molecule has 0 fully saturated rings. The largest absolute Gasteiger partial charge is 0.325 e. The van der Waals surface area contributed by atoms with E-state index in [0.717, 1.165) is 22.4 Å². The molecule has 22 heavy (non-hydrogen) atoms. The molecule has 3 aromatic rings. The van der Waals surface area contributed by atoms with Gasteiger partial charge in [0.05, 0.1) is 5.75 Å². The number of anilines is 1. The highest BCUT2D eigenvalue weighted by Gasteiger charge is 2.08. The minimum absolute atomic E-state index is 0.0506. The summed E-state index contributed by atoms with van der Waals surface area (Å²) in [6, 6.07) is 9.69. The van der Waals surface area contributed by atoms with Crippen LogP contribution in [0, 0.1) is 13.8 Å². The summed E-state index contributed by atoms with van der Waals surface area (Å²) in [5.74, 6) is 0.248. The van der Waals surface area contributed by atoms with Crippen molar-refractivity contribution < 1.29 is 4.79 Å². The van der Waals surface area contributed by atoms with Crippen LogP contribution in [0.25, 0.3) is 11.2 Å². The van der Waals surface area contributed by atoms with E-state index >= 15 is 0 Å². The Morgan fingerprint density at radius 2 is 2.18 bits per heavy atom. The Hall–Kier alpha value is -2.34. The third-order valence-corrected chi connectivity index (χ3v) is 4.10. The first-order chi connectivity index (χ1) is 10.6. The van der Waals surface area contributed by atoms with Crippen molar-refractivity contribution in [3.05, 3.63) is 47.7 Å². The van der Waals surface area contributed by atoms with Gasteiger partial charge in [-0.3, -0.25) is 4.79 Å². The average molecular weight is 312 g/mol. The number of imidazole rings is 1. The van der Waals surface area contributed by atoms with Gasteiger partial charge in [-0.15, -0.1) is 0 Å². The van der Waals surface area contributed by atoms with Crippen LogP contribution in [0.2, 0.25) is 0 Å². The number of nitrogens with zero attached hydrogens (tertiary/aromatic N) is 2. The molecule has 0 unspecified atom stereocenters. The van der Waals surface area contributed by atoms with Gasteiger partial charge in [0.15, 0.2) is 10.8 Å². The van der Waals surface area contributed by atoms with Gasteiger partial charge in [0.1, 0.15) is 5.52 Å². The summed E-state index contributed by atoms with van der Waals surface area (Å²) in [6.07, 6.45) is 1.71. The van der Waals surface area contributed by atoms with Crippen LogP contribution in [0.4, 0.5) is 5.69 Å². The Labute approximate surface area is 132 Å². The van der Waals surface area contributed by atoms with E-state index < -0.39 is 0 Å². The molecule has 0 atom stereocenters. The number of hydrogen-bond donors (Lipinski definition) is 2. The van der Waals surface area contributed by atoms with Crippen molar-refractivity contribution >= 4 is 34.5 Å². The van der Waals surface area contributed by atoms with E-state index in [4.69, 9.17) is 0 Å². The van der Waals surface area contributed by atoms with Gasteiger partial charge in [-0.05, 0) is 37.6 Å². The first-order valence-electron chi connectivity index (χ1n) is 6.92. The lowest BCUT2D eigenvalue weighted by Crippen LogP contribution is -2.15. The summed E-state index contributed by atoms with van der Waals surface area (Å²) in [6.45, 7) is 4.02. The Balaban J connectivity index is 1.62. The summed E-state index contributed by atoms with van der Waals surface area (Å²) in [5.41, 5.74) is 4.63. The number of hydrogen-bond acceptors (Lipinski definition) is 4. The maximum absolute atomic E-state index is 12.0. The maximum Gasteiger partial charge on any atom is 0.234 e. The number of aromatic nitrogens is 3. The van der Waals surface area contributed by atoms with Gasteiger partial charge in [0.25, 0.3) is 0 Å². The lowest BCUT2D eigenvalue weighted by Gasteiger charge is -2.08. The summed E-state index contributed by atoms with van der Waals surface area (Å²) >= 11 is 1.36. The standard InChI is InChI=1S/C16H16N4OS/c1-10-5-6-12(11(2)8-10)18-14(21)9-22-16-19-13-4-3-7-17-15(13)20-16/h3-8H,9H2,1-2H3,(H,18,21)(H,17,19,20). The number of aryl methyl sites for hydroxylation is 2. The molecule has 0 aliphatic heterocycles. The number of carbonyl (C=O) groups excluding carboxylic acids is 1. The summed E-state index contributed by atoms with van der Waals surface area (Å²) in [4.78, 5) is 23.7. The van der Waals surface area contributed by atoms with Crippen LogP contribution in [-0.2, 0) is 4.79 Å². The normalized spacial score (nSPS) is 10.8. The number of benzene rings is 1. The molecular weight excluding hydrogens is 296 g/mol. The van der Waals surface area contributed by atoms with E-state index in [9.17, 15) is 4.79 Å². The van der Waals surface area contributed by atoms with E-state index in [1.807, 2.05) is 44.2 Å². The second-order valence-electron chi connectivity index (χ2n) is 5.07. The highest BCUT2D eigenvalue weighted by Crippen LogP contribution is 2.19. The highest BCUT2D eigenvalue weighted by atomic mass is 32.2. The van der Waals surface area contributed by atoms with Crippen molar-refractivity contribution in [2.45, 2.75) is 19.0 Å². The molecule has 1 amide bonds. The van der Waals surface area contributed by atoms with E-state index in [2.05, 4.69) is 20.3 Å². The van der Waals surface area contributed by atoms with Gasteiger partial charge >= 0.3 is 0 Å². The van der Waals surface area contributed by atoms with Crippen molar-refractivity contribution in [3.8, 4) is 0 Å². The first kappa shape index (κ1) is 14.6. The Morgan fingerprint density at radius 3 is 2.95 bits per heavy atom. The Kier molecular flexibility index (Phi) is 4.11. The predicted molar refractivity (Wildman–Crippen MR) is 89.2 cm³/mol. The molecule has 0 saturated carbocycles. The summed E-state index contributed by atoms with van der Waals surface area (Å²) in [7, 11) is 0. The number of amides is 1. The molecule has 112 valence electrons. The maximum atomic E-state index is 12.0. The molecule has 3 rings (SSSR count). The third-order valence-electron chi connectivity index (χ3n) is 3.23. The Bertz CT molecular complexity index is 795. The minimum Gasteiger partial charge on any atom is -0.325 e. The van der Waals surface area contributed by atoms with Gasteiger partial charge < -0.3 is 10.3 Å². The van der Waals surface area contributed by atoms with Gasteiger partial charge in [0, 0.05) is 11.9 Å². The summed E-state index contributed by atoms with van der Waals surface area (Å²) < 4.78 is 0. The zero-order valence-electron chi connectivity index (χ0n) is 12.4. The van der Waals surface area contributed by atoms with Crippen LogP contribution in [0.15, 0.2) is 41.7 Å². The SMILES string of the molecule is Cc1ccc(NC(=O)CSc2nc3cccnc3[nH]2)c(C)c1. The van der Waals surface area contributed by atoms with Gasteiger partial charge in [-0.2, -0.15) is 0 Å². The second-order valence-corrected chi connectivity index (χ2v) is 6.03. The molecule has 5 nitrogen and oxygen atoms in total. The lowest BCUT2D eigenvalue weighted by molar-refractivity contribution is -0.113. The molecule has 0 aliphatic carbocycles. The van der Waals surface area contributed by atoms with E-state index in [1.54, 1.807) is 6.20 Å². The monoisotopic (exact) mass is 312 g/mol. The van der Waals surface area contributed by atoms with Crippen molar-refractivity contribution in [2.75, 3.05) is 11.1 Å². The van der Waals surface area contributed by atoms with Crippen LogP contribution < -0.4 is 5.32 Å². The van der Waals surface area contributed by atoms with Crippen molar-refractivity contribution in [3.63, 3.8) is 0 Å². The first-order valence-corrected chi connectivity index (χ1v) is 7.91. The molecule has 0 saturated heterocycles. The minimum atomic E-state index is -0.0506. The molecule has 0 spiro atoms. The lowest BCUT2D eigenvalue weighted by atomic mass is 10.1. The number of carbonyl (C=O) groups is 1. The fraction of sp³-hybridized carbons (Fsp3) is 0.188. The van der Waals surface area contributed by atoms with Gasteiger partial charge in [-0.1, -0.05) is 29.5 Å². The van der Waals surface area contributed by atoms with Gasteiger partial charge in [0.2, 0.25) is 5.91 Å². The number of H-pyrrole nitrogens is 1. The van der Waals surface area contributed by atoms with Crippen molar-refractivity contribution in [2.24, 2.45) is 0 Å². The van der Waals surface area contributed by atoms with E-state index in [1.165, 1.54) is 17.3 Å². The van der Waals surface area contributed by atoms with Crippen LogP contribution in [0.1, 0.15) is 11.1 Å². The highest BCUT2D eigenvalue weighted by molar-refractivity contribution is 7.99. The summed E-state index contributed by atoms with van der Waals surface area (Å²) in [5, 5.41) is 3.62. The van der Waals surface area contributed by atoms with Gasteiger partial charge in [-0.25, -0.2) is 9.97 Å². The van der Waals surface area contributed by atoms with Crippen molar-refractivity contribution in [1.82, 2.24) is 15.0 Å². The molecule has 2 heterocycles. The van der Waals surface area contributed by atoms with E-state index in [0.29, 0.717) is 10.9 Å². The van der Waals surface area contributed by atoms with Crippen molar-refractivity contribution in [1.29, 1.82) is 0 Å². The third kappa shape index (κ3) is 3.28. The van der Waals surface area contributed by atoms with Crippen LogP contribution in [0.5, 0.6) is 0 Å². The Morgan fingerprint density at radius 1 is 1.32 bits per heavy atom. The molecule has 2 aromatic heterocycles. The molecule has 0 radical (unpaired) electrons. The van der Waals surface area contributed by atoms with E-state index in [-0.39, 0.29) is 5.91 Å².